The van der Waals surface area contributed by atoms with E-state index in [1.54, 1.807) is 18.1 Å². The molecular weight excluding hydrogens is 410 g/mol. The topological polar surface area (TPSA) is 48.8 Å². The molecule has 5 nitrogen and oxygen atoms in total. The number of hydrogen-bond donors (Lipinski definition) is 0. The first kappa shape index (κ1) is 22.8. The summed E-state index contributed by atoms with van der Waals surface area (Å²) in [5.41, 5.74) is 3.11. The zero-order chi connectivity index (χ0) is 22.9. The lowest BCUT2D eigenvalue weighted by atomic mass is 9.82. The van der Waals surface area contributed by atoms with Crippen molar-refractivity contribution in [3.8, 4) is 0 Å². The summed E-state index contributed by atoms with van der Waals surface area (Å²) >= 11 is 0. The fourth-order valence-electron chi connectivity index (χ4n) is 5.38. The number of aliphatic imine (C=N–C) groups is 1. The molecule has 2 fully saturated rings. The predicted molar refractivity (Wildman–Crippen MR) is 123 cm³/mol. The van der Waals surface area contributed by atoms with Crippen LogP contribution in [0.4, 0.5) is 8.78 Å². The van der Waals surface area contributed by atoms with Gasteiger partial charge in [0.05, 0.1) is 18.6 Å². The van der Waals surface area contributed by atoms with E-state index in [2.05, 4.69) is 35.8 Å². The number of benzene rings is 1. The molecule has 1 amide bonds. The maximum atomic E-state index is 14.5. The molecular formula is C25H32F2N4O. The Morgan fingerprint density at radius 3 is 2.88 bits per heavy atom. The van der Waals surface area contributed by atoms with Gasteiger partial charge in [-0.3, -0.25) is 14.8 Å². The third kappa shape index (κ3) is 4.68. The van der Waals surface area contributed by atoms with Crippen molar-refractivity contribution in [1.82, 2.24) is 14.8 Å². The smallest absolute Gasteiger partial charge is 0.263 e. The van der Waals surface area contributed by atoms with Crippen LogP contribution in [0.25, 0.3) is 10.9 Å². The minimum Gasteiger partial charge on any atom is -0.342 e. The van der Waals surface area contributed by atoms with E-state index in [1.807, 2.05) is 17.0 Å². The van der Waals surface area contributed by atoms with Gasteiger partial charge in [0.1, 0.15) is 0 Å². The molecule has 2 saturated heterocycles. The van der Waals surface area contributed by atoms with Gasteiger partial charge < -0.3 is 9.80 Å². The van der Waals surface area contributed by atoms with Crippen molar-refractivity contribution in [3.05, 3.63) is 41.6 Å². The standard InChI is InChI=1S/C25H32F2N4O/c1-17-11-19(21-7-6-18(13-28-2)24-22(21)5-4-9-29-24)15-31(14-17)23(32)12-20-8-10-30(3)16-25(20,26)27/h4-7,9,17,19-20H,2,8,10-16H2,1,3H3/t17-,19+,20-/m1/s1. The van der Waals surface area contributed by atoms with Gasteiger partial charge in [-0.2, -0.15) is 0 Å². The van der Waals surface area contributed by atoms with Crippen LogP contribution in [0.5, 0.6) is 0 Å². The molecule has 4 rings (SSSR count). The zero-order valence-corrected chi connectivity index (χ0v) is 18.9. The number of pyridine rings is 1. The maximum Gasteiger partial charge on any atom is 0.263 e. The van der Waals surface area contributed by atoms with Crippen LogP contribution in [0.1, 0.15) is 43.2 Å². The lowest BCUT2D eigenvalue weighted by Crippen LogP contribution is -2.49. The second kappa shape index (κ2) is 9.22. The highest BCUT2D eigenvalue weighted by Gasteiger charge is 2.45. The summed E-state index contributed by atoms with van der Waals surface area (Å²) in [5, 5.41) is 1.07. The van der Waals surface area contributed by atoms with E-state index in [0.717, 1.165) is 28.5 Å². The van der Waals surface area contributed by atoms with Gasteiger partial charge in [0.25, 0.3) is 5.92 Å². The Hall–Kier alpha value is -2.41. The summed E-state index contributed by atoms with van der Waals surface area (Å²) in [6.45, 7) is 7.76. The second-order valence-electron chi connectivity index (χ2n) is 9.62. The average molecular weight is 443 g/mol. The molecule has 1 aromatic heterocycles. The van der Waals surface area contributed by atoms with Crippen LogP contribution in [-0.4, -0.2) is 66.6 Å². The van der Waals surface area contributed by atoms with Gasteiger partial charge in [0, 0.05) is 42.9 Å². The lowest BCUT2D eigenvalue weighted by Gasteiger charge is -2.40. The first-order valence-corrected chi connectivity index (χ1v) is 11.4. The minimum absolute atomic E-state index is 0.0769. The van der Waals surface area contributed by atoms with Crippen molar-refractivity contribution < 1.29 is 13.6 Å². The quantitative estimate of drug-likeness (QED) is 0.647. The fraction of sp³-hybridized carbons (Fsp3) is 0.560. The van der Waals surface area contributed by atoms with E-state index < -0.39 is 11.8 Å². The van der Waals surface area contributed by atoms with Crippen molar-refractivity contribution in [1.29, 1.82) is 0 Å². The van der Waals surface area contributed by atoms with Crippen LogP contribution in [-0.2, 0) is 11.3 Å². The van der Waals surface area contributed by atoms with E-state index in [1.165, 1.54) is 0 Å². The predicted octanol–water partition coefficient (Wildman–Crippen LogP) is 4.36. The van der Waals surface area contributed by atoms with E-state index >= 15 is 0 Å². The maximum absolute atomic E-state index is 14.5. The fourth-order valence-corrected chi connectivity index (χ4v) is 5.38. The molecule has 2 aliphatic rings. The monoisotopic (exact) mass is 442 g/mol. The molecule has 2 aromatic rings. The molecule has 32 heavy (non-hydrogen) atoms. The number of halogens is 2. The highest BCUT2D eigenvalue weighted by Crippen LogP contribution is 2.38. The van der Waals surface area contributed by atoms with Crippen LogP contribution < -0.4 is 0 Å². The number of aromatic nitrogens is 1. The van der Waals surface area contributed by atoms with E-state index in [-0.39, 0.29) is 24.8 Å². The number of alkyl halides is 2. The average Bonchev–Trinajstić information content (AvgIpc) is 2.75. The normalized spacial score (nSPS) is 26.2. The Morgan fingerprint density at radius 2 is 2.12 bits per heavy atom. The zero-order valence-electron chi connectivity index (χ0n) is 18.9. The highest BCUT2D eigenvalue weighted by molar-refractivity contribution is 5.86. The Morgan fingerprint density at radius 1 is 1.31 bits per heavy atom. The molecule has 3 heterocycles. The van der Waals surface area contributed by atoms with Gasteiger partial charge in [-0.1, -0.05) is 25.1 Å². The molecule has 0 unspecified atom stereocenters. The Bertz CT molecular complexity index is 995. The number of hydrogen-bond acceptors (Lipinski definition) is 4. The number of amides is 1. The van der Waals surface area contributed by atoms with Gasteiger partial charge in [-0.25, -0.2) is 8.78 Å². The van der Waals surface area contributed by atoms with E-state index in [0.29, 0.717) is 38.5 Å². The number of nitrogens with zero attached hydrogens (tertiary/aromatic N) is 4. The van der Waals surface area contributed by atoms with Crippen molar-refractivity contribution >= 4 is 23.5 Å². The molecule has 0 aliphatic carbocycles. The number of likely N-dealkylation sites (tertiary alicyclic amines) is 2. The summed E-state index contributed by atoms with van der Waals surface area (Å²) in [6.07, 6.45) is 3.01. The first-order chi connectivity index (χ1) is 15.3. The van der Waals surface area contributed by atoms with Crippen molar-refractivity contribution in [2.24, 2.45) is 16.8 Å². The molecule has 0 saturated carbocycles. The van der Waals surface area contributed by atoms with Gasteiger partial charge >= 0.3 is 0 Å². The molecule has 0 N–H and O–H groups in total. The third-order valence-corrected chi connectivity index (χ3v) is 6.98. The van der Waals surface area contributed by atoms with Gasteiger partial charge in [0.15, 0.2) is 0 Å². The minimum atomic E-state index is -2.82. The van der Waals surface area contributed by atoms with Crippen LogP contribution in [0, 0.1) is 11.8 Å². The van der Waals surface area contributed by atoms with E-state index in [9.17, 15) is 13.6 Å². The Balaban J connectivity index is 1.55. The van der Waals surface area contributed by atoms with Gasteiger partial charge in [-0.15, -0.1) is 0 Å². The number of rotatable bonds is 5. The summed E-state index contributed by atoms with van der Waals surface area (Å²) < 4.78 is 29.0. The van der Waals surface area contributed by atoms with Crippen molar-refractivity contribution in [2.75, 3.05) is 33.2 Å². The summed E-state index contributed by atoms with van der Waals surface area (Å²) in [5.74, 6) is -3.39. The van der Waals surface area contributed by atoms with E-state index in [4.69, 9.17) is 0 Å². The van der Waals surface area contributed by atoms with Crippen molar-refractivity contribution in [2.45, 2.75) is 44.6 Å². The first-order valence-electron chi connectivity index (χ1n) is 11.4. The molecule has 7 heteroatoms. The Kier molecular flexibility index (Phi) is 6.56. The number of carbonyl (C=O) groups excluding carboxylic acids is 1. The number of fused-ring (bicyclic) bond motifs is 1. The Labute approximate surface area is 188 Å². The number of carbonyl (C=O) groups is 1. The summed E-state index contributed by atoms with van der Waals surface area (Å²) in [4.78, 5) is 25.1. The van der Waals surface area contributed by atoms with Crippen molar-refractivity contribution in [3.63, 3.8) is 0 Å². The van der Waals surface area contributed by atoms with Crippen LogP contribution in [0.2, 0.25) is 0 Å². The summed E-state index contributed by atoms with van der Waals surface area (Å²) in [6, 6.07) is 8.15. The molecule has 172 valence electrons. The molecule has 0 radical (unpaired) electrons. The third-order valence-electron chi connectivity index (χ3n) is 6.98. The largest absolute Gasteiger partial charge is 0.342 e. The second-order valence-corrected chi connectivity index (χ2v) is 9.62. The van der Waals surface area contributed by atoms with Crippen LogP contribution in [0.3, 0.4) is 0 Å². The molecule has 2 aliphatic heterocycles. The highest BCUT2D eigenvalue weighted by atomic mass is 19.3. The van der Waals surface area contributed by atoms with Gasteiger partial charge in [-0.05, 0) is 56.3 Å². The molecule has 3 atom stereocenters. The van der Waals surface area contributed by atoms with Gasteiger partial charge in [0.2, 0.25) is 5.91 Å². The van der Waals surface area contributed by atoms with Crippen LogP contribution in [0.15, 0.2) is 35.5 Å². The summed E-state index contributed by atoms with van der Waals surface area (Å²) in [7, 11) is 1.71. The number of piperidine rings is 2. The van der Waals surface area contributed by atoms with Crippen LogP contribution >= 0.6 is 0 Å². The SMILES string of the molecule is C=NCc1ccc([C@H]2C[C@@H](C)CN(C(=O)C[C@H]3CCN(C)CC3(F)F)C2)c2cccnc12. The lowest BCUT2D eigenvalue weighted by molar-refractivity contribution is -0.145. The molecule has 1 aromatic carbocycles. The molecule has 0 bridgehead atoms. The molecule has 0 spiro atoms.